The maximum Gasteiger partial charge on any atom is 0.225 e. The van der Waals surface area contributed by atoms with E-state index >= 15 is 0 Å². The van der Waals surface area contributed by atoms with Crippen molar-refractivity contribution in [3.8, 4) is 0 Å². The minimum absolute atomic E-state index is 0.00598. The van der Waals surface area contributed by atoms with Gasteiger partial charge in [0.1, 0.15) is 0 Å². The minimum Gasteiger partial charge on any atom is -0.340 e. The lowest BCUT2D eigenvalue weighted by molar-refractivity contribution is -0.136. The van der Waals surface area contributed by atoms with Crippen molar-refractivity contribution in [2.24, 2.45) is 5.92 Å². The SMILES string of the molecule is CC(C)C(=O)N1Cc2ccnn2[C@H](CN2CCCC2=O)C1. The van der Waals surface area contributed by atoms with Crippen LogP contribution in [-0.4, -0.2) is 51.0 Å². The van der Waals surface area contributed by atoms with Crippen LogP contribution in [0.4, 0.5) is 0 Å². The second-order valence-corrected chi connectivity index (χ2v) is 6.24. The third-order valence-corrected chi connectivity index (χ3v) is 4.29. The summed E-state index contributed by atoms with van der Waals surface area (Å²) >= 11 is 0. The summed E-state index contributed by atoms with van der Waals surface area (Å²) in [5.41, 5.74) is 1.05. The van der Waals surface area contributed by atoms with Crippen molar-refractivity contribution >= 4 is 11.8 Å². The molecule has 0 radical (unpaired) electrons. The van der Waals surface area contributed by atoms with Gasteiger partial charge in [-0.05, 0) is 12.5 Å². The first-order valence-electron chi connectivity index (χ1n) is 7.65. The molecule has 0 unspecified atom stereocenters. The molecule has 2 amide bonds. The summed E-state index contributed by atoms with van der Waals surface area (Å²) in [5.74, 6) is 0.379. The van der Waals surface area contributed by atoms with Gasteiger partial charge >= 0.3 is 0 Å². The van der Waals surface area contributed by atoms with E-state index in [0.29, 0.717) is 26.1 Å². The van der Waals surface area contributed by atoms with Crippen LogP contribution in [0.15, 0.2) is 12.3 Å². The molecular weight excluding hydrogens is 268 g/mol. The number of carbonyl (C=O) groups is 2. The average Bonchev–Trinajstić information content (AvgIpc) is 3.07. The predicted octanol–water partition coefficient (Wildman–Crippen LogP) is 1.04. The number of fused-ring (bicyclic) bond motifs is 1. The number of carbonyl (C=O) groups excluding carboxylic acids is 2. The zero-order valence-corrected chi connectivity index (χ0v) is 12.7. The molecule has 1 aromatic rings. The molecule has 2 aliphatic rings. The summed E-state index contributed by atoms with van der Waals surface area (Å²) in [6, 6.07) is 2.02. The first-order valence-corrected chi connectivity index (χ1v) is 7.65. The summed E-state index contributed by atoms with van der Waals surface area (Å²) in [4.78, 5) is 27.9. The topological polar surface area (TPSA) is 58.4 Å². The standard InChI is InChI=1S/C15H22N4O2/c1-11(2)15(21)18-8-12-5-6-16-19(12)13(10-18)9-17-7-3-4-14(17)20/h5-6,11,13H,3-4,7-10H2,1-2H3/t13-/m1/s1. The Bertz CT molecular complexity index is 552. The van der Waals surface area contributed by atoms with Crippen molar-refractivity contribution in [2.45, 2.75) is 39.3 Å². The van der Waals surface area contributed by atoms with E-state index in [2.05, 4.69) is 5.10 Å². The van der Waals surface area contributed by atoms with Gasteiger partial charge in [0.2, 0.25) is 11.8 Å². The van der Waals surface area contributed by atoms with Gasteiger partial charge in [-0.2, -0.15) is 5.10 Å². The van der Waals surface area contributed by atoms with E-state index in [9.17, 15) is 9.59 Å². The van der Waals surface area contributed by atoms with Crippen LogP contribution in [0, 0.1) is 5.92 Å². The van der Waals surface area contributed by atoms with Crippen LogP contribution in [0.25, 0.3) is 0 Å². The minimum atomic E-state index is -0.00598. The molecule has 1 atom stereocenters. The van der Waals surface area contributed by atoms with E-state index in [1.165, 1.54) is 0 Å². The fourth-order valence-corrected chi connectivity index (χ4v) is 3.21. The molecule has 1 saturated heterocycles. The summed E-state index contributed by atoms with van der Waals surface area (Å²) in [7, 11) is 0. The first kappa shape index (κ1) is 14.1. The van der Waals surface area contributed by atoms with Gasteiger partial charge in [-0.15, -0.1) is 0 Å². The van der Waals surface area contributed by atoms with Crippen LogP contribution in [0.3, 0.4) is 0 Å². The fraction of sp³-hybridized carbons (Fsp3) is 0.667. The third-order valence-electron chi connectivity index (χ3n) is 4.29. The molecule has 0 N–H and O–H groups in total. The van der Waals surface area contributed by atoms with Crippen LogP contribution in [0.1, 0.15) is 38.4 Å². The van der Waals surface area contributed by atoms with Crippen molar-refractivity contribution in [2.75, 3.05) is 19.6 Å². The molecule has 21 heavy (non-hydrogen) atoms. The van der Waals surface area contributed by atoms with Gasteiger partial charge in [-0.3, -0.25) is 14.3 Å². The van der Waals surface area contributed by atoms with Gasteiger partial charge in [-0.1, -0.05) is 13.8 Å². The highest BCUT2D eigenvalue weighted by molar-refractivity contribution is 5.79. The normalized spacial score (nSPS) is 22.0. The molecule has 0 bridgehead atoms. The molecule has 0 aromatic carbocycles. The van der Waals surface area contributed by atoms with Crippen LogP contribution < -0.4 is 0 Å². The quantitative estimate of drug-likeness (QED) is 0.836. The molecule has 3 rings (SSSR count). The molecule has 6 nitrogen and oxygen atoms in total. The van der Waals surface area contributed by atoms with Crippen LogP contribution >= 0.6 is 0 Å². The molecule has 0 spiro atoms. The molecule has 1 fully saturated rings. The Morgan fingerprint density at radius 1 is 1.48 bits per heavy atom. The molecular formula is C15H22N4O2. The lowest BCUT2D eigenvalue weighted by atomic mass is 10.1. The van der Waals surface area contributed by atoms with E-state index < -0.39 is 0 Å². The van der Waals surface area contributed by atoms with E-state index in [-0.39, 0.29) is 23.8 Å². The zero-order valence-electron chi connectivity index (χ0n) is 12.7. The van der Waals surface area contributed by atoms with Gasteiger partial charge in [0, 0.05) is 38.2 Å². The zero-order chi connectivity index (χ0) is 15.0. The molecule has 0 saturated carbocycles. The summed E-state index contributed by atoms with van der Waals surface area (Å²) < 4.78 is 1.98. The fourth-order valence-electron chi connectivity index (χ4n) is 3.21. The lowest BCUT2D eigenvalue weighted by Crippen LogP contribution is -2.46. The van der Waals surface area contributed by atoms with Gasteiger partial charge in [-0.25, -0.2) is 0 Å². The molecule has 3 heterocycles. The Labute approximate surface area is 124 Å². The average molecular weight is 290 g/mol. The van der Waals surface area contributed by atoms with Gasteiger partial charge in [0.25, 0.3) is 0 Å². The van der Waals surface area contributed by atoms with Crippen LogP contribution in [-0.2, 0) is 16.1 Å². The van der Waals surface area contributed by atoms with E-state index in [1.807, 2.05) is 34.4 Å². The second kappa shape index (κ2) is 5.50. The Morgan fingerprint density at radius 2 is 2.29 bits per heavy atom. The number of hydrogen-bond donors (Lipinski definition) is 0. The van der Waals surface area contributed by atoms with Crippen molar-refractivity contribution < 1.29 is 9.59 Å². The van der Waals surface area contributed by atoms with Gasteiger partial charge in [0.05, 0.1) is 18.3 Å². The lowest BCUT2D eigenvalue weighted by Gasteiger charge is -2.36. The number of amides is 2. The molecule has 1 aromatic heterocycles. The summed E-state index contributed by atoms with van der Waals surface area (Å²) in [6.07, 6.45) is 3.36. The largest absolute Gasteiger partial charge is 0.340 e. The number of likely N-dealkylation sites (tertiary alicyclic amines) is 1. The van der Waals surface area contributed by atoms with Crippen LogP contribution in [0.5, 0.6) is 0 Å². The van der Waals surface area contributed by atoms with Crippen molar-refractivity contribution in [3.63, 3.8) is 0 Å². The Balaban J connectivity index is 1.79. The van der Waals surface area contributed by atoms with Gasteiger partial charge < -0.3 is 9.80 Å². The maximum atomic E-state index is 12.3. The molecule has 2 aliphatic heterocycles. The number of aromatic nitrogens is 2. The highest BCUT2D eigenvalue weighted by Gasteiger charge is 2.32. The molecule has 0 aliphatic carbocycles. The highest BCUT2D eigenvalue weighted by atomic mass is 16.2. The summed E-state index contributed by atoms with van der Waals surface area (Å²) in [6.45, 7) is 6.57. The Hall–Kier alpha value is -1.85. The molecule has 6 heteroatoms. The van der Waals surface area contributed by atoms with E-state index in [0.717, 1.165) is 18.7 Å². The number of hydrogen-bond acceptors (Lipinski definition) is 3. The smallest absolute Gasteiger partial charge is 0.225 e. The predicted molar refractivity (Wildman–Crippen MR) is 77.3 cm³/mol. The first-order chi connectivity index (χ1) is 10.1. The van der Waals surface area contributed by atoms with Crippen LogP contribution in [0.2, 0.25) is 0 Å². The monoisotopic (exact) mass is 290 g/mol. The summed E-state index contributed by atoms with van der Waals surface area (Å²) in [5, 5.41) is 4.38. The maximum absolute atomic E-state index is 12.3. The van der Waals surface area contributed by atoms with Crippen molar-refractivity contribution in [3.05, 3.63) is 18.0 Å². The van der Waals surface area contributed by atoms with E-state index in [1.54, 1.807) is 6.20 Å². The second-order valence-electron chi connectivity index (χ2n) is 6.24. The Morgan fingerprint density at radius 3 is 2.95 bits per heavy atom. The van der Waals surface area contributed by atoms with E-state index in [4.69, 9.17) is 0 Å². The number of rotatable bonds is 3. The number of nitrogens with zero attached hydrogens (tertiary/aromatic N) is 4. The molecule has 114 valence electrons. The van der Waals surface area contributed by atoms with Gasteiger partial charge in [0.15, 0.2) is 0 Å². The van der Waals surface area contributed by atoms with Crippen molar-refractivity contribution in [1.29, 1.82) is 0 Å². The third kappa shape index (κ3) is 2.66. The Kier molecular flexibility index (Phi) is 3.69. The highest BCUT2D eigenvalue weighted by Crippen LogP contribution is 2.24. The van der Waals surface area contributed by atoms with Crippen molar-refractivity contribution in [1.82, 2.24) is 19.6 Å².